The molecule has 3 rings (SSSR count). The lowest BCUT2D eigenvalue weighted by atomic mass is 9.82. The van der Waals surface area contributed by atoms with Crippen LogP contribution in [-0.2, 0) is 28.6 Å². The van der Waals surface area contributed by atoms with Gasteiger partial charge in [0, 0.05) is 24.5 Å². The van der Waals surface area contributed by atoms with E-state index in [2.05, 4.69) is 73.0 Å². The van der Waals surface area contributed by atoms with E-state index in [1.165, 1.54) is 6.92 Å². The third kappa shape index (κ3) is 15.3. The van der Waals surface area contributed by atoms with Gasteiger partial charge in [-0.15, -0.1) is 0 Å². The first-order valence-electron chi connectivity index (χ1n) is 19.4. The van der Waals surface area contributed by atoms with Gasteiger partial charge < -0.3 is 19.5 Å². The summed E-state index contributed by atoms with van der Waals surface area (Å²) in [6.07, 6.45) is 26.4. The van der Waals surface area contributed by atoms with Crippen LogP contribution < -0.4 is 5.32 Å². The fourth-order valence-electron chi connectivity index (χ4n) is 6.05. The summed E-state index contributed by atoms with van der Waals surface area (Å²) < 4.78 is 17.5. The highest BCUT2D eigenvalue weighted by Crippen LogP contribution is 2.33. The molecule has 0 saturated carbocycles. The minimum absolute atomic E-state index is 0.00199. The number of esters is 2. The molecule has 0 bridgehead atoms. The molecule has 0 radical (unpaired) electrons. The molecule has 3 unspecified atom stereocenters. The molecule has 1 aliphatic rings. The van der Waals surface area contributed by atoms with E-state index >= 15 is 0 Å². The van der Waals surface area contributed by atoms with Crippen molar-refractivity contribution in [1.29, 1.82) is 0 Å². The summed E-state index contributed by atoms with van der Waals surface area (Å²) in [6.45, 7) is 9.12. The Morgan fingerprint density at radius 2 is 1.37 bits per heavy atom. The first-order valence-corrected chi connectivity index (χ1v) is 19.4. The van der Waals surface area contributed by atoms with Gasteiger partial charge in [0.05, 0.1) is 18.1 Å². The van der Waals surface area contributed by atoms with Crippen molar-refractivity contribution in [2.45, 2.75) is 110 Å². The van der Waals surface area contributed by atoms with Gasteiger partial charge in [-0.05, 0) is 75.3 Å². The summed E-state index contributed by atoms with van der Waals surface area (Å²) in [5.41, 5.74) is 1.64. The highest BCUT2D eigenvalue weighted by atomic mass is 16.7. The summed E-state index contributed by atoms with van der Waals surface area (Å²) in [5.74, 6) is -2.29. The second-order valence-corrected chi connectivity index (χ2v) is 13.7. The van der Waals surface area contributed by atoms with Crippen molar-refractivity contribution in [2.75, 3.05) is 6.61 Å². The van der Waals surface area contributed by atoms with Crippen LogP contribution in [0.5, 0.6) is 0 Å². The average molecular weight is 738 g/mol. The third-order valence-corrected chi connectivity index (χ3v) is 9.57. The zero-order valence-corrected chi connectivity index (χ0v) is 32.7. The van der Waals surface area contributed by atoms with Crippen LogP contribution in [0.2, 0.25) is 0 Å². The lowest BCUT2D eigenvalue weighted by Crippen LogP contribution is -2.59. The molecule has 2 aromatic carbocycles. The summed E-state index contributed by atoms with van der Waals surface area (Å²) in [6, 6.07) is 15.3. The van der Waals surface area contributed by atoms with Crippen molar-refractivity contribution in [3.63, 3.8) is 0 Å². The van der Waals surface area contributed by atoms with Crippen LogP contribution in [0.4, 0.5) is 0 Å². The van der Waals surface area contributed by atoms with Gasteiger partial charge in [0.15, 0.2) is 5.78 Å². The number of rotatable bonds is 21. The molecule has 290 valence electrons. The second kappa shape index (κ2) is 24.5. The SMILES string of the molecule is CC/C=C\C/C=C\C/C=C\C/C=C\C/C=C\CCCC(=O)NC1[C@H](OC(=O)C(C)c2cccc(C(=O)c3ccccc3)c2)OC(COC(C)=O)[C@@H](C)[C@@H]1C. The predicted molar refractivity (Wildman–Crippen MR) is 215 cm³/mol. The van der Waals surface area contributed by atoms with E-state index < -0.39 is 36.3 Å². The van der Waals surface area contributed by atoms with Gasteiger partial charge in [-0.25, -0.2) is 0 Å². The standard InChI is InChI=1S/C46H59NO7/c1-6-7-8-9-10-11-12-13-14-15-16-17-18-19-20-21-25-31-42(49)47-43-35(3)34(2)41(33-52-37(5)48)53-46(43)54-45(51)36(4)39-29-26-30-40(32-39)44(50)38-27-23-22-24-28-38/h7-8,10-11,13-14,16-17,19-20,22-24,26-30,32,34-36,41,43,46H,6,9,12,15,18,21,25,31,33H2,1-5H3,(H,47,49)/b8-7-,11-10-,14-13-,17-16-,20-19-/t34-,35-,36?,41?,43?,46-/m0/s1. The van der Waals surface area contributed by atoms with Gasteiger partial charge in [-0.3, -0.25) is 19.2 Å². The summed E-state index contributed by atoms with van der Waals surface area (Å²) in [4.78, 5) is 51.4. The Balaban J connectivity index is 1.53. The molecule has 1 heterocycles. The summed E-state index contributed by atoms with van der Waals surface area (Å²) in [7, 11) is 0. The Labute approximate surface area is 322 Å². The van der Waals surface area contributed by atoms with Crippen LogP contribution in [0.25, 0.3) is 0 Å². The van der Waals surface area contributed by atoms with Crippen molar-refractivity contribution in [2.24, 2.45) is 11.8 Å². The van der Waals surface area contributed by atoms with Crippen molar-refractivity contribution in [3.8, 4) is 0 Å². The Kier molecular flexibility index (Phi) is 19.8. The molecule has 1 fully saturated rings. The molecule has 1 N–H and O–H groups in total. The lowest BCUT2D eigenvalue weighted by molar-refractivity contribution is -0.240. The molecule has 1 amide bonds. The number of allylic oxidation sites excluding steroid dienone is 10. The number of unbranched alkanes of at least 4 members (excludes halogenated alkanes) is 1. The van der Waals surface area contributed by atoms with E-state index in [4.69, 9.17) is 14.2 Å². The van der Waals surface area contributed by atoms with E-state index in [1.807, 2.05) is 19.9 Å². The molecule has 1 aliphatic heterocycles. The summed E-state index contributed by atoms with van der Waals surface area (Å²) in [5, 5.41) is 3.07. The molecule has 0 aromatic heterocycles. The topological polar surface area (TPSA) is 108 Å². The van der Waals surface area contributed by atoms with E-state index in [-0.39, 0.29) is 30.1 Å². The number of ketones is 1. The molecule has 0 aliphatic carbocycles. The number of nitrogens with one attached hydrogen (secondary N) is 1. The molecular formula is C46H59NO7. The van der Waals surface area contributed by atoms with Crippen LogP contribution in [-0.4, -0.2) is 48.7 Å². The van der Waals surface area contributed by atoms with Crippen molar-refractivity contribution in [3.05, 3.63) is 132 Å². The highest BCUT2D eigenvalue weighted by molar-refractivity contribution is 6.09. The number of hydrogen-bond acceptors (Lipinski definition) is 7. The lowest BCUT2D eigenvalue weighted by Gasteiger charge is -2.44. The Morgan fingerprint density at radius 1 is 0.778 bits per heavy atom. The van der Waals surface area contributed by atoms with Crippen LogP contribution >= 0.6 is 0 Å². The van der Waals surface area contributed by atoms with E-state index in [9.17, 15) is 19.2 Å². The van der Waals surface area contributed by atoms with Crippen LogP contribution in [0.15, 0.2) is 115 Å². The normalized spacial score (nSPS) is 20.9. The van der Waals surface area contributed by atoms with Crippen LogP contribution in [0.3, 0.4) is 0 Å². The quantitative estimate of drug-likeness (QED) is 0.0589. The molecular weight excluding hydrogens is 679 g/mol. The van der Waals surface area contributed by atoms with Gasteiger partial charge in [0.25, 0.3) is 0 Å². The zero-order chi connectivity index (χ0) is 39.1. The van der Waals surface area contributed by atoms with Crippen LogP contribution in [0.1, 0.15) is 113 Å². The fourth-order valence-corrected chi connectivity index (χ4v) is 6.05. The highest BCUT2D eigenvalue weighted by Gasteiger charge is 2.45. The van der Waals surface area contributed by atoms with Gasteiger partial charge in [-0.1, -0.05) is 130 Å². The number of amides is 1. The maximum Gasteiger partial charge on any atom is 0.315 e. The maximum atomic E-state index is 13.6. The number of benzene rings is 2. The minimum atomic E-state index is -1.10. The molecule has 54 heavy (non-hydrogen) atoms. The fraction of sp³-hybridized carbons (Fsp3) is 0.435. The Bertz CT molecular complexity index is 1620. The first-order chi connectivity index (χ1) is 26.1. The molecule has 8 heteroatoms. The monoisotopic (exact) mass is 737 g/mol. The number of hydrogen-bond donors (Lipinski definition) is 1. The number of carbonyl (C=O) groups is 4. The van der Waals surface area contributed by atoms with Crippen LogP contribution in [0, 0.1) is 11.8 Å². The number of ether oxygens (including phenoxy) is 3. The maximum absolute atomic E-state index is 13.6. The van der Waals surface area contributed by atoms with E-state index in [0.29, 0.717) is 29.5 Å². The second-order valence-electron chi connectivity index (χ2n) is 13.7. The molecule has 6 atom stereocenters. The van der Waals surface area contributed by atoms with Crippen molar-refractivity contribution < 1.29 is 33.4 Å². The minimum Gasteiger partial charge on any atom is -0.463 e. The predicted octanol–water partition coefficient (Wildman–Crippen LogP) is 9.53. The molecule has 1 saturated heterocycles. The first kappa shape index (κ1) is 43.6. The zero-order valence-electron chi connectivity index (χ0n) is 32.7. The molecule has 8 nitrogen and oxygen atoms in total. The average Bonchev–Trinajstić information content (AvgIpc) is 3.18. The Morgan fingerprint density at radius 3 is 1.98 bits per heavy atom. The van der Waals surface area contributed by atoms with Gasteiger partial charge in [0.1, 0.15) is 6.61 Å². The molecule has 2 aromatic rings. The van der Waals surface area contributed by atoms with E-state index in [1.54, 1.807) is 55.5 Å². The summed E-state index contributed by atoms with van der Waals surface area (Å²) >= 11 is 0. The van der Waals surface area contributed by atoms with Gasteiger partial charge in [-0.2, -0.15) is 0 Å². The number of carbonyl (C=O) groups excluding carboxylic acids is 4. The smallest absolute Gasteiger partial charge is 0.315 e. The van der Waals surface area contributed by atoms with Gasteiger partial charge >= 0.3 is 11.9 Å². The third-order valence-electron chi connectivity index (χ3n) is 9.57. The van der Waals surface area contributed by atoms with Crippen molar-refractivity contribution in [1.82, 2.24) is 5.32 Å². The Hall–Kier alpha value is -4.82. The largest absolute Gasteiger partial charge is 0.463 e. The van der Waals surface area contributed by atoms with Crippen molar-refractivity contribution >= 4 is 23.6 Å². The van der Waals surface area contributed by atoms with Gasteiger partial charge in [0.2, 0.25) is 12.2 Å². The molecule has 0 spiro atoms. The van der Waals surface area contributed by atoms with E-state index in [0.717, 1.165) is 38.5 Å².